The van der Waals surface area contributed by atoms with Crippen LogP contribution < -0.4 is 16.0 Å². The van der Waals surface area contributed by atoms with Crippen molar-refractivity contribution in [1.29, 1.82) is 0 Å². The van der Waals surface area contributed by atoms with Crippen molar-refractivity contribution in [2.45, 2.75) is 90.8 Å². The zero-order valence-corrected chi connectivity index (χ0v) is 27.1. The fourth-order valence-electron chi connectivity index (χ4n) is 6.22. The molecular weight excluding hydrogens is 581 g/mol. The Balaban J connectivity index is 1.51. The topological polar surface area (TPSA) is 150 Å². The van der Waals surface area contributed by atoms with Gasteiger partial charge in [-0.1, -0.05) is 44.8 Å². The third-order valence-corrected chi connectivity index (χ3v) is 9.38. The molecule has 45 heavy (non-hydrogen) atoms. The van der Waals surface area contributed by atoms with Gasteiger partial charge in [-0.25, -0.2) is 9.02 Å². The van der Waals surface area contributed by atoms with Gasteiger partial charge in [0.15, 0.2) is 5.69 Å². The van der Waals surface area contributed by atoms with Gasteiger partial charge in [0.2, 0.25) is 17.7 Å². The number of rotatable bonds is 10. The first-order valence-electron chi connectivity index (χ1n) is 15.9. The van der Waals surface area contributed by atoms with E-state index in [1.165, 1.54) is 19.1 Å². The third-order valence-electron chi connectivity index (χ3n) is 9.38. The molecule has 1 aliphatic carbocycles. The van der Waals surface area contributed by atoms with E-state index in [2.05, 4.69) is 38.1 Å². The van der Waals surface area contributed by atoms with E-state index in [1.807, 2.05) is 20.9 Å². The lowest BCUT2D eigenvalue weighted by molar-refractivity contribution is -0.138. The zero-order valence-electron chi connectivity index (χ0n) is 27.1. The number of hydrogen-bond donors (Lipinski definition) is 3. The van der Waals surface area contributed by atoms with Gasteiger partial charge in [-0.2, -0.15) is 0 Å². The molecule has 2 fully saturated rings. The summed E-state index contributed by atoms with van der Waals surface area (Å²) < 4.78 is 20.3. The summed E-state index contributed by atoms with van der Waals surface area (Å²) in [5, 5.41) is 15.7. The number of anilines is 1. The number of carbonyl (C=O) groups is 4. The van der Waals surface area contributed by atoms with Crippen molar-refractivity contribution in [2.75, 3.05) is 32.0 Å². The molecule has 0 unspecified atom stereocenters. The van der Waals surface area contributed by atoms with E-state index in [9.17, 15) is 19.2 Å². The van der Waals surface area contributed by atoms with Crippen LogP contribution in [0, 0.1) is 17.7 Å². The standard InChI is InChI=1S/C32H46FN7O5/c1-7-25-29(38-45-37-25)31(43)36-28(22-10-8-18(2)9-11-22)30(42)35-26-13-12-23(16-24(26)33)20(4)27(34-21(5)41)32(44)40-15-14-39(6)19(3)17-40/h12-13,16,18-20,22,27-28H,7-11,14-15,17H2,1-6H3,(H,34,41)(H,35,42)(H,36,43)/t18?,19-,20-,22?,27+,28-/m0/s1. The molecule has 2 aliphatic rings. The summed E-state index contributed by atoms with van der Waals surface area (Å²) in [4.78, 5) is 56.3. The monoisotopic (exact) mass is 627 g/mol. The lowest BCUT2D eigenvalue weighted by atomic mass is 9.79. The van der Waals surface area contributed by atoms with Crippen molar-refractivity contribution >= 4 is 29.3 Å². The Labute approximate surface area is 263 Å². The summed E-state index contributed by atoms with van der Waals surface area (Å²) in [6, 6.07) is 2.73. The molecule has 1 aliphatic heterocycles. The SMILES string of the molecule is CCc1nonc1C(=O)N[C@H](C(=O)Nc1ccc([C@H](C)[C@@H](NC(C)=O)C(=O)N2CCN(C)[C@@H](C)C2)cc1F)C1CCC(C)CC1. The van der Waals surface area contributed by atoms with Crippen LogP contribution in [0.15, 0.2) is 22.8 Å². The number of halogens is 1. The predicted molar refractivity (Wildman–Crippen MR) is 166 cm³/mol. The van der Waals surface area contributed by atoms with Crippen LogP contribution >= 0.6 is 0 Å². The molecule has 2 aromatic rings. The van der Waals surface area contributed by atoms with E-state index in [0.29, 0.717) is 43.2 Å². The lowest BCUT2D eigenvalue weighted by Crippen LogP contribution is -2.57. The first-order valence-corrected chi connectivity index (χ1v) is 15.9. The molecule has 1 aromatic heterocycles. The van der Waals surface area contributed by atoms with Gasteiger partial charge in [-0.3, -0.25) is 19.2 Å². The molecule has 1 saturated heterocycles. The molecule has 13 heteroatoms. The summed E-state index contributed by atoms with van der Waals surface area (Å²) in [5.41, 5.74) is 0.861. The largest absolute Gasteiger partial charge is 0.344 e. The summed E-state index contributed by atoms with van der Waals surface area (Å²) >= 11 is 0. The second kappa shape index (κ2) is 14.9. The van der Waals surface area contributed by atoms with Crippen LogP contribution in [0.1, 0.15) is 88.0 Å². The first-order chi connectivity index (χ1) is 21.4. The van der Waals surface area contributed by atoms with Crippen molar-refractivity contribution in [3.05, 3.63) is 41.0 Å². The summed E-state index contributed by atoms with van der Waals surface area (Å²) in [7, 11) is 2.01. The second-order valence-electron chi connectivity index (χ2n) is 12.7. The maximum atomic E-state index is 15.6. The minimum Gasteiger partial charge on any atom is -0.344 e. The van der Waals surface area contributed by atoms with Crippen LogP contribution in [0.25, 0.3) is 0 Å². The van der Waals surface area contributed by atoms with Gasteiger partial charge >= 0.3 is 0 Å². The van der Waals surface area contributed by atoms with Gasteiger partial charge in [-0.05, 0) is 67.9 Å². The molecule has 1 aromatic carbocycles. The van der Waals surface area contributed by atoms with Crippen molar-refractivity contribution < 1.29 is 28.2 Å². The number of nitrogens with zero attached hydrogens (tertiary/aromatic N) is 4. The molecule has 246 valence electrons. The summed E-state index contributed by atoms with van der Waals surface area (Å²) in [5.74, 6) is -2.53. The molecular formula is C32H46FN7O5. The number of carbonyl (C=O) groups excluding carboxylic acids is 4. The molecule has 0 radical (unpaired) electrons. The highest BCUT2D eigenvalue weighted by Gasteiger charge is 2.36. The van der Waals surface area contributed by atoms with Crippen LogP contribution in [-0.2, 0) is 20.8 Å². The molecule has 3 N–H and O–H groups in total. The molecule has 1 saturated carbocycles. The zero-order chi connectivity index (χ0) is 32.8. The van der Waals surface area contributed by atoms with Gasteiger partial charge in [0.25, 0.3) is 5.91 Å². The molecule has 4 rings (SSSR count). The van der Waals surface area contributed by atoms with Gasteiger partial charge in [-0.15, -0.1) is 0 Å². The van der Waals surface area contributed by atoms with Crippen LogP contribution in [0.4, 0.5) is 10.1 Å². The van der Waals surface area contributed by atoms with Crippen LogP contribution in [0.2, 0.25) is 0 Å². The fraction of sp³-hybridized carbons (Fsp3) is 0.625. The van der Waals surface area contributed by atoms with E-state index in [0.717, 1.165) is 25.7 Å². The van der Waals surface area contributed by atoms with Crippen LogP contribution in [-0.4, -0.2) is 88.5 Å². The van der Waals surface area contributed by atoms with Crippen molar-refractivity contribution in [2.24, 2.45) is 11.8 Å². The van der Waals surface area contributed by atoms with E-state index in [-0.39, 0.29) is 35.2 Å². The average Bonchev–Trinajstić information content (AvgIpc) is 3.50. The summed E-state index contributed by atoms with van der Waals surface area (Å²) in [6.07, 6.45) is 3.74. The Morgan fingerprint density at radius 1 is 1.07 bits per heavy atom. The Hall–Kier alpha value is -3.87. The van der Waals surface area contributed by atoms with Gasteiger partial charge in [0, 0.05) is 38.5 Å². The van der Waals surface area contributed by atoms with Gasteiger partial charge in [0.1, 0.15) is 23.6 Å². The van der Waals surface area contributed by atoms with Crippen molar-refractivity contribution in [1.82, 2.24) is 30.7 Å². The highest BCUT2D eigenvalue weighted by Crippen LogP contribution is 2.32. The van der Waals surface area contributed by atoms with E-state index in [4.69, 9.17) is 4.63 Å². The fourth-order valence-corrected chi connectivity index (χ4v) is 6.22. The van der Waals surface area contributed by atoms with Crippen LogP contribution in [0.5, 0.6) is 0 Å². The molecule has 0 bridgehead atoms. The van der Waals surface area contributed by atoms with E-state index >= 15 is 4.39 Å². The molecule has 12 nitrogen and oxygen atoms in total. The molecule has 4 amide bonds. The highest BCUT2D eigenvalue weighted by atomic mass is 19.1. The summed E-state index contributed by atoms with van der Waals surface area (Å²) in [6.45, 7) is 10.9. The number of aryl methyl sites for hydroxylation is 1. The maximum absolute atomic E-state index is 15.6. The van der Waals surface area contributed by atoms with Crippen molar-refractivity contribution in [3.8, 4) is 0 Å². The highest BCUT2D eigenvalue weighted by molar-refractivity contribution is 6.01. The van der Waals surface area contributed by atoms with Gasteiger partial charge < -0.3 is 25.8 Å². The number of hydrogen-bond acceptors (Lipinski definition) is 8. The minimum atomic E-state index is -0.919. The third kappa shape index (κ3) is 8.24. The Morgan fingerprint density at radius 3 is 2.40 bits per heavy atom. The number of amides is 4. The number of likely N-dealkylation sites (N-methyl/N-ethyl adjacent to an activating group) is 1. The van der Waals surface area contributed by atoms with Crippen LogP contribution in [0.3, 0.4) is 0 Å². The average molecular weight is 628 g/mol. The second-order valence-corrected chi connectivity index (χ2v) is 12.7. The Bertz CT molecular complexity index is 1380. The quantitative estimate of drug-likeness (QED) is 0.364. The number of benzene rings is 1. The van der Waals surface area contributed by atoms with Crippen molar-refractivity contribution in [3.63, 3.8) is 0 Å². The predicted octanol–water partition coefficient (Wildman–Crippen LogP) is 3.11. The Kier molecular flexibility index (Phi) is 11.3. The number of nitrogens with one attached hydrogen (secondary N) is 3. The van der Waals surface area contributed by atoms with E-state index < -0.39 is 35.6 Å². The number of aromatic nitrogens is 2. The molecule has 4 atom stereocenters. The Morgan fingerprint density at radius 2 is 1.78 bits per heavy atom. The van der Waals surface area contributed by atoms with E-state index in [1.54, 1.807) is 17.9 Å². The molecule has 2 heterocycles. The maximum Gasteiger partial charge on any atom is 0.276 e. The molecule has 0 spiro atoms. The smallest absolute Gasteiger partial charge is 0.276 e. The first kappa shape index (κ1) is 34.0. The lowest BCUT2D eigenvalue weighted by Gasteiger charge is -2.40. The van der Waals surface area contributed by atoms with Gasteiger partial charge in [0.05, 0.1) is 5.69 Å². The number of piperazine rings is 1. The normalized spacial score (nSPS) is 22.6. The minimum absolute atomic E-state index is 0.0262.